The molecule has 0 aliphatic carbocycles. The number of hydrogen-bond acceptors (Lipinski definition) is 4. The van der Waals surface area contributed by atoms with Crippen LogP contribution in [0, 0.1) is 0 Å². The number of ether oxygens (including phenoxy) is 1. The lowest BCUT2D eigenvalue weighted by molar-refractivity contribution is -0.138. The van der Waals surface area contributed by atoms with Gasteiger partial charge in [0.05, 0.1) is 0 Å². The topological polar surface area (TPSA) is 108 Å². The maximum atomic E-state index is 11.8. The van der Waals surface area contributed by atoms with Gasteiger partial charge in [-0.2, -0.15) is 0 Å². The van der Waals surface area contributed by atoms with Gasteiger partial charge >= 0.3 is 5.97 Å². The molecule has 1 fully saturated rings. The van der Waals surface area contributed by atoms with Gasteiger partial charge in [-0.15, -0.1) is 0 Å². The Morgan fingerprint density at radius 1 is 1.24 bits per heavy atom. The van der Waals surface area contributed by atoms with Crippen LogP contribution in [0.25, 0.3) is 0 Å². The standard InChI is InChI=1S/C14H16N2O5/c1-8(16-13(18)10-11(21-10)14(19)20)12(17)15-7-9-5-3-2-4-6-9/h2-6,8,10-11H,7H2,1H3,(H,15,17)(H,16,18)(H,19,20)/t8?,10-,11-/m1/s1. The fraction of sp³-hybridized carbons (Fsp3) is 0.357. The smallest absolute Gasteiger partial charge is 0.336 e. The molecule has 1 unspecified atom stereocenters. The minimum absolute atomic E-state index is 0.347. The van der Waals surface area contributed by atoms with E-state index in [0.717, 1.165) is 5.56 Å². The molecule has 0 bridgehead atoms. The maximum Gasteiger partial charge on any atom is 0.336 e. The van der Waals surface area contributed by atoms with Crippen LogP contribution in [0.5, 0.6) is 0 Å². The number of carboxylic acid groups (broad SMARTS) is 1. The van der Waals surface area contributed by atoms with Crippen molar-refractivity contribution >= 4 is 17.8 Å². The van der Waals surface area contributed by atoms with E-state index in [1.165, 1.54) is 6.92 Å². The summed E-state index contributed by atoms with van der Waals surface area (Å²) in [6.07, 6.45) is -2.11. The highest BCUT2D eigenvalue weighted by Crippen LogP contribution is 2.22. The Labute approximate surface area is 121 Å². The number of benzene rings is 1. The maximum absolute atomic E-state index is 11.8. The summed E-state index contributed by atoms with van der Waals surface area (Å²) >= 11 is 0. The zero-order valence-electron chi connectivity index (χ0n) is 11.4. The van der Waals surface area contributed by atoms with E-state index in [0.29, 0.717) is 6.54 Å². The lowest BCUT2D eigenvalue weighted by Gasteiger charge is -2.13. The van der Waals surface area contributed by atoms with Crippen molar-refractivity contribution in [3.8, 4) is 0 Å². The minimum Gasteiger partial charge on any atom is -0.479 e. The highest BCUT2D eigenvalue weighted by molar-refractivity contribution is 5.94. The average molecular weight is 292 g/mol. The van der Waals surface area contributed by atoms with Gasteiger partial charge < -0.3 is 20.5 Å². The molecule has 1 heterocycles. The van der Waals surface area contributed by atoms with Crippen molar-refractivity contribution in [1.82, 2.24) is 10.6 Å². The summed E-state index contributed by atoms with van der Waals surface area (Å²) < 4.78 is 4.71. The minimum atomic E-state index is -1.18. The second kappa shape index (κ2) is 6.36. The molecule has 112 valence electrons. The molecule has 1 aliphatic heterocycles. The number of nitrogens with one attached hydrogen (secondary N) is 2. The molecule has 2 rings (SSSR count). The quantitative estimate of drug-likeness (QED) is 0.622. The van der Waals surface area contributed by atoms with Crippen LogP contribution in [0.15, 0.2) is 30.3 Å². The predicted octanol–water partition coefficient (Wildman–Crippen LogP) is -0.340. The van der Waals surface area contributed by atoms with E-state index in [2.05, 4.69) is 10.6 Å². The zero-order valence-corrected chi connectivity index (χ0v) is 11.4. The van der Waals surface area contributed by atoms with Crippen molar-refractivity contribution < 1.29 is 24.2 Å². The van der Waals surface area contributed by atoms with Gasteiger partial charge in [-0.3, -0.25) is 9.59 Å². The van der Waals surface area contributed by atoms with Crippen LogP contribution >= 0.6 is 0 Å². The molecule has 0 spiro atoms. The van der Waals surface area contributed by atoms with Crippen molar-refractivity contribution in [3.63, 3.8) is 0 Å². The van der Waals surface area contributed by atoms with E-state index in [1.807, 2.05) is 30.3 Å². The molecule has 1 saturated heterocycles. The number of rotatable bonds is 6. The number of aliphatic carboxylic acids is 1. The Bertz CT molecular complexity index is 546. The zero-order chi connectivity index (χ0) is 15.4. The fourth-order valence-electron chi connectivity index (χ4n) is 1.80. The Balaban J connectivity index is 1.75. The summed E-state index contributed by atoms with van der Waals surface area (Å²) in [7, 11) is 0. The summed E-state index contributed by atoms with van der Waals surface area (Å²) in [6.45, 7) is 1.88. The first-order valence-corrected chi connectivity index (χ1v) is 6.49. The second-order valence-electron chi connectivity index (χ2n) is 4.75. The highest BCUT2D eigenvalue weighted by Gasteiger charge is 2.51. The van der Waals surface area contributed by atoms with Crippen molar-refractivity contribution in [2.75, 3.05) is 0 Å². The van der Waals surface area contributed by atoms with Crippen LogP contribution < -0.4 is 10.6 Å². The number of carboxylic acids is 1. The molecule has 0 aromatic heterocycles. The average Bonchev–Trinajstić information content (AvgIpc) is 3.26. The van der Waals surface area contributed by atoms with E-state index in [4.69, 9.17) is 9.84 Å². The summed E-state index contributed by atoms with van der Waals surface area (Å²) in [5.41, 5.74) is 0.945. The van der Waals surface area contributed by atoms with E-state index in [1.54, 1.807) is 0 Å². The van der Waals surface area contributed by atoms with Crippen molar-refractivity contribution in [3.05, 3.63) is 35.9 Å². The van der Waals surface area contributed by atoms with Gasteiger partial charge in [-0.25, -0.2) is 4.79 Å². The number of amides is 2. The number of epoxide rings is 1. The van der Waals surface area contributed by atoms with Crippen LogP contribution in [-0.4, -0.2) is 41.1 Å². The van der Waals surface area contributed by atoms with Crippen LogP contribution in [0.4, 0.5) is 0 Å². The molecule has 3 N–H and O–H groups in total. The monoisotopic (exact) mass is 292 g/mol. The second-order valence-corrected chi connectivity index (χ2v) is 4.75. The van der Waals surface area contributed by atoms with Crippen LogP contribution in [0.1, 0.15) is 12.5 Å². The van der Waals surface area contributed by atoms with Crippen LogP contribution in [0.2, 0.25) is 0 Å². The first-order valence-electron chi connectivity index (χ1n) is 6.49. The van der Waals surface area contributed by atoms with E-state index in [-0.39, 0.29) is 5.91 Å². The van der Waals surface area contributed by atoms with Gasteiger partial charge in [0.2, 0.25) is 5.91 Å². The molecular formula is C14H16N2O5. The molecule has 1 aliphatic rings. The third-order valence-electron chi connectivity index (χ3n) is 3.06. The van der Waals surface area contributed by atoms with Crippen LogP contribution in [-0.2, 0) is 25.7 Å². The first kappa shape index (κ1) is 15.0. The molecule has 2 amide bonds. The molecule has 3 atom stereocenters. The lowest BCUT2D eigenvalue weighted by Crippen LogP contribution is -2.46. The fourth-order valence-corrected chi connectivity index (χ4v) is 1.80. The molecule has 7 nitrogen and oxygen atoms in total. The molecule has 1 aromatic rings. The van der Waals surface area contributed by atoms with Crippen LogP contribution in [0.3, 0.4) is 0 Å². The summed E-state index contributed by atoms with van der Waals surface area (Å²) in [5.74, 6) is -2.12. The van der Waals surface area contributed by atoms with E-state index in [9.17, 15) is 14.4 Å². The van der Waals surface area contributed by atoms with Gasteiger partial charge in [-0.1, -0.05) is 30.3 Å². The Morgan fingerprint density at radius 3 is 2.48 bits per heavy atom. The molecule has 7 heteroatoms. The summed E-state index contributed by atoms with van der Waals surface area (Å²) in [5, 5.41) is 13.8. The van der Waals surface area contributed by atoms with Crippen molar-refractivity contribution in [2.45, 2.75) is 31.7 Å². The van der Waals surface area contributed by atoms with Crippen molar-refractivity contribution in [1.29, 1.82) is 0 Å². The van der Waals surface area contributed by atoms with E-state index >= 15 is 0 Å². The Hall–Kier alpha value is -2.41. The SMILES string of the molecule is CC(NC(=O)[C@@H]1O[C@H]1C(=O)O)C(=O)NCc1ccccc1. The molecule has 21 heavy (non-hydrogen) atoms. The molecule has 0 saturated carbocycles. The number of carbonyl (C=O) groups excluding carboxylic acids is 2. The predicted molar refractivity (Wildman–Crippen MR) is 72.2 cm³/mol. The summed E-state index contributed by atoms with van der Waals surface area (Å²) in [4.78, 5) is 34.0. The number of carbonyl (C=O) groups is 3. The van der Waals surface area contributed by atoms with E-state index < -0.39 is 30.1 Å². The highest BCUT2D eigenvalue weighted by atomic mass is 16.6. The van der Waals surface area contributed by atoms with Crippen molar-refractivity contribution in [2.24, 2.45) is 0 Å². The van der Waals surface area contributed by atoms with Gasteiger partial charge in [0.25, 0.3) is 5.91 Å². The molecular weight excluding hydrogens is 276 g/mol. The molecule has 0 radical (unpaired) electrons. The summed E-state index contributed by atoms with van der Waals surface area (Å²) in [6, 6.07) is 8.59. The third-order valence-corrected chi connectivity index (χ3v) is 3.06. The Kier molecular flexibility index (Phi) is 4.54. The Morgan fingerprint density at radius 2 is 1.90 bits per heavy atom. The molecule has 1 aromatic carbocycles. The van der Waals surface area contributed by atoms with Gasteiger partial charge in [-0.05, 0) is 12.5 Å². The number of hydrogen-bond donors (Lipinski definition) is 3. The first-order chi connectivity index (χ1) is 9.99. The normalized spacial score (nSPS) is 21.2. The van der Waals surface area contributed by atoms with Gasteiger partial charge in [0.15, 0.2) is 12.2 Å². The van der Waals surface area contributed by atoms with Gasteiger partial charge in [0, 0.05) is 6.54 Å². The largest absolute Gasteiger partial charge is 0.479 e. The lowest BCUT2D eigenvalue weighted by atomic mass is 10.2. The third kappa shape index (κ3) is 4.03. The van der Waals surface area contributed by atoms with Gasteiger partial charge in [0.1, 0.15) is 6.04 Å².